The molecule has 0 heteroatoms. The van der Waals surface area contributed by atoms with Crippen molar-refractivity contribution in [2.45, 2.75) is 105 Å². The lowest BCUT2D eigenvalue weighted by molar-refractivity contribution is 0.395. The molecule has 0 bridgehead atoms. The van der Waals surface area contributed by atoms with Gasteiger partial charge in [0.1, 0.15) is 0 Å². The third kappa shape index (κ3) is 12.2. The summed E-state index contributed by atoms with van der Waals surface area (Å²) in [5.74, 6) is 3.14. The van der Waals surface area contributed by atoms with Crippen LogP contribution < -0.4 is 0 Å². The molecule has 30 heavy (non-hydrogen) atoms. The Morgan fingerprint density at radius 2 is 1.07 bits per heavy atom. The molecule has 2 aromatic rings. The van der Waals surface area contributed by atoms with Crippen molar-refractivity contribution in [1.29, 1.82) is 0 Å². The molecule has 0 aromatic heterocycles. The van der Waals surface area contributed by atoms with Crippen LogP contribution in [0.5, 0.6) is 0 Å². The Kier molecular flexibility index (Phi) is 14.3. The van der Waals surface area contributed by atoms with E-state index in [4.69, 9.17) is 0 Å². The van der Waals surface area contributed by atoms with Gasteiger partial charge >= 0.3 is 0 Å². The van der Waals surface area contributed by atoms with Crippen molar-refractivity contribution >= 4 is 0 Å². The lowest BCUT2D eigenvalue weighted by atomic mass is 9.89. The van der Waals surface area contributed by atoms with Gasteiger partial charge in [0.05, 0.1) is 0 Å². The lowest BCUT2D eigenvalue weighted by Crippen LogP contribution is -2.02. The fourth-order valence-electron chi connectivity index (χ4n) is 4.23. The minimum absolute atomic E-state index is 0.704. The van der Waals surface area contributed by atoms with Crippen molar-refractivity contribution < 1.29 is 0 Å². The van der Waals surface area contributed by atoms with E-state index in [-0.39, 0.29) is 0 Å². The normalized spacial score (nSPS) is 14.0. The van der Waals surface area contributed by atoms with E-state index in [2.05, 4.69) is 102 Å². The third-order valence-electron chi connectivity index (χ3n) is 6.19. The highest BCUT2D eigenvalue weighted by atomic mass is 14.1. The SMILES string of the molecule is CC(C)CC(C)CCC(C)c1ccccc1.CCCCCCC(C)c1ccccc1. The summed E-state index contributed by atoms with van der Waals surface area (Å²) in [6, 6.07) is 21.7. The first-order chi connectivity index (χ1) is 14.4. The van der Waals surface area contributed by atoms with E-state index in [9.17, 15) is 0 Å². The summed E-state index contributed by atoms with van der Waals surface area (Å²) in [5, 5.41) is 0. The van der Waals surface area contributed by atoms with E-state index in [0.717, 1.165) is 17.8 Å². The Morgan fingerprint density at radius 3 is 1.53 bits per heavy atom. The summed E-state index contributed by atoms with van der Waals surface area (Å²) >= 11 is 0. The number of unbranched alkanes of at least 4 members (excludes halogenated alkanes) is 3. The molecule has 3 unspecified atom stereocenters. The van der Waals surface area contributed by atoms with Gasteiger partial charge in [0.15, 0.2) is 0 Å². The largest absolute Gasteiger partial charge is 0.0654 e. The molecule has 0 amide bonds. The summed E-state index contributed by atoms with van der Waals surface area (Å²) < 4.78 is 0. The smallest absolute Gasteiger partial charge is 0.0190 e. The zero-order chi connectivity index (χ0) is 22.2. The number of rotatable bonds is 12. The lowest BCUT2D eigenvalue weighted by Gasteiger charge is -2.17. The van der Waals surface area contributed by atoms with Gasteiger partial charge in [-0.1, -0.05) is 134 Å². The van der Waals surface area contributed by atoms with Crippen LogP contribution in [0.15, 0.2) is 60.7 Å². The molecule has 0 saturated heterocycles. The number of hydrogen-bond acceptors (Lipinski definition) is 0. The molecule has 0 heterocycles. The zero-order valence-electron chi connectivity index (χ0n) is 20.7. The van der Waals surface area contributed by atoms with Gasteiger partial charge in [-0.25, -0.2) is 0 Å². The molecule has 0 aliphatic heterocycles. The zero-order valence-corrected chi connectivity index (χ0v) is 20.7. The van der Waals surface area contributed by atoms with Crippen molar-refractivity contribution in [3.8, 4) is 0 Å². The van der Waals surface area contributed by atoms with Crippen LogP contribution >= 0.6 is 0 Å². The van der Waals surface area contributed by atoms with E-state index in [0.29, 0.717) is 5.92 Å². The Hall–Kier alpha value is -1.56. The average Bonchev–Trinajstić information content (AvgIpc) is 2.76. The van der Waals surface area contributed by atoms with Crippen molar-refractivity contribution in [1.82, 2.24) is 0 Å². The topological polar surface area (TPSA) is 0 Å². The van der Waals surface area contributed by atoms with Crippen LogP contribution in [0.3, 0.4) is 0 Å². The molecule has 3 atom stereocenters. The second kappa shape index (κ2) is 16.2. The summed E-state index contributed by atoms with van der Waals surface area (Å²) in [7, 11) is 0. The first-order valence-electron chi connectivity index (χ1n) is 12.5. The standard InChI is InChI=1S/C16H26.C14H22/c1-13(2)12-14(3)10-11-15(4)16-8-6-5-7-9-16;1-3-4-5-7-10-13(2)14-11-8-6-9-12-14/h5-9,13-15H,10-12H2,1-4H3;6,8-9,11-13H,3-5,7,10H2,1-2H3. The van der Waals surface area contributed by atoms with Gasteiger partial charge < -0.3 is 0 Å². The molecule has 0 nitrogen and oxygen atoms in total. The maximum Gasteiger partial charge on any atom is -0.0190 e. The summed E-state index contributed by atoms with van der Waals surface area (Å²) in [6.07, 6.45) is 10.9. The highest BCUT2D eigenvalue weighted by Crippen LogP contribution is 2.25. The van der Waals surface area contributed by atoms with E-state index in [1.165, 1.54) is 62.5 Å². The Balaban J connectivity index is 0.000000303. The molecule has 2 aromatic carbocycles. The fourth-order valence-corrected chi connectivity index (χ4v) is 4.23. The second-order valence-electron chi connectivity index (χ2n) is 9.78. The highest BCUT2D eigenvalue weighted by molar-refractivity contribution is 5.19. The van der Waals surface area contributed by atoms with Crippen LogP contribution in [0.1, 0.15) is 116 Å². The first kappa shape index (κ1) is 26.5. The van der Waals surface area contributed by atoms with Gasteiger partial charge in [0.25, 0.3) is 0 Å². The van der Waals surface area contributed by atoms with Gasteiger partial charge in [-0.05, 0) is 54.1 Å². The third-order valence-corrected chi connectivity index (χ3v) is 6.19. The molecule has 0 radical (unpaired) electrons. The first-order valence-corrected chi connectivity index (χ1v) is 12.5. The molecule has 0 saturated carbocycles. The molecule has 0 fully saturated rings. The minimum Gasteiger partial charge on any atom is -0.0654 e. The molecule has 0 N–H and O–H groups in total. The van der Waals surface area contributed by atoms with Gasteiger partial charge in [-0.3, -0.25) is 0 Å². The van der Waals surface area contributed by atoms with Crippen molar-refractivity contribution in [2.24, 2.45) is 11.8 Å². The minimum atomic E-state index is 0.704. The van der Waals surface area contributed by atoms with Crippen LogP contribution in [0.4, 0.5) is 0 Å². The van der Waals surface area contributed by atoms with Crippen LogP contribution in [0.25, 0.3) is 0 Å². The molecule has 0 spiro atoms. The van der Waals surface area contributed by atoms with Gasteiger partial charge in [0.2, 0.25) is 0 Å². The monoisotopic (exact) mass is 408 g/mol. The summed E-state index contributed by atoms with van der Waals surface area (Å²) in [6.45, 7) is 14.0. The average molecular weight is 409 g/mol. The molecule has 0 aliphatic carbocycles. The van der Waals surface area contributed by atoms with Crippen LogP contribution in [0, 0.1) is 11.8 Å². The number of benzene rings is 2. The van der Waals surface area contributed by atoms with Gasteiger partial charge in [-0.2, -0.15) is 0 Å². The van der Waals surface area contributed by atoms with Gasteiger partial charge in [0, 0.05) is 0 Å². The Bertz CT molecular complexity index is 613. The maximum absolute atomic E-state index is 2.39. The van der Waals surface area contributed by atoms with Crippen molar-refractivity contribution in [3.63, 3.8) is 0 Å². The van der Waals surface area contributed by atoms with Gasteiger partial charge in [-0.15, -0.1) is 0 Å². The highest BCUT2D eigenvalue weighted by Gasteiger charge is 2.09. The molecule has 168 valence electrons. The van der Waals surface area contributed by atoms with E-state index < -0.39 is 0 Å². The van der Waals surface area contributed by atoms with Crippen LogP contribution in [0.2, 0.25) is 0 Å². The predicted octanol–water partition coefficient (Wildman–Crippen LogP) is 10.0. The Labute approximate surface area is 188 Å². The molecule has 0 aliphatic rings. The molecular formula is C30H48. The summed E-state index contributed by atoms with van der Waals surface area (Å²) in [5.41, 5.74) is 2.98. The Morgan fingerprint density at radius 1 is 0.567 bits per heavy atom. The van der Waals surface area contributed by atoms with Crippen molar-refractivity contribution in [3.05, 3.63) is 71.8 Å². The van der Waals surface area contributed by atoms with E-state index in [1.807, 2.05) is 0 Å². The second-order valence-corrected chi connectivity index (χ2v) is 9.78. The van der Waals surface area contributed by atoms with Crippen LogP contribution in [-0.4, -0.2) is 0 Å². The molecule has 2 rings (SSSR count). The van der Waals surface area contributed by atoms with E-state index >= 15 is 0 Å². The number of hydrogen-bond donors (Lipinski definition) is 0. The quantitative estimate of drug-likeness (QED) is 0.306. The fraction of sp³-hybridized carbons (Fsp3) is 0.600. The predicted molar refractivity (Wildman–Crippen MR) is 136 cm³/mol. The van der Waals surface area contributed by atoms with Crippen molar-refractivity contribution in [2.75, 3.05) is 0 Å². The van der Waals surface area contributed by atoms with E-state index in [1.54, 1.807) is 0 Å². The maximum atomic E-state index is 2.39. The van der Waals surface area contributed by atoms with Crippen LogP contribution in [-0.2, 0) is 0 Å². The summed E-state index contributed by atoms with van der Waals surface area (Å²) in [4.78, 5) is 0. The molecular weight excluding hydrogens is 360 g/mol.